The SMILES string of the molecule is O=C(O)CCCCCc1ccc(O)cc1. The van der Waals surface area contributed by atoms with Gasteiger partial charge in [-0.2, -0.15) is 0 Å². The van der Waals surface area contributed by atoms with Crippen LogP contribution in [0.4, 0.5) is 0 Å². The van der Waals surface area contributed by atoms with Crippen molar-refractivity contribution in [3.05, 3.63) is 29.8 Å². The molecular weight excluding hydrogens is 192 g/mol. The molecule has 0 aliphatic rings. The smallest absolute Gasteiger partial charge is 0.303 e. The summed E-state index contributed by atoms with van der Waals surface area (Å²) >= 11 is 0. The minimum Gasteiger partial charge on any atom is -0.508 e. The summed E-state index contributed by atoms with van der Waals surface area (Å²) in [6, 6.07) is 7.14. The molecule has 3 nitrogen and oxygen atoms in total. The first-order valence-electron chi connectivity index (χ1n) is 5.18. The van der Waals surface area contributed by atoms with Crippen LogP contribution in [0.25, 0.3) is 0 Å². The van der Waals surface area contributed by atoms with E-state index in [1.54, 1.807) is 12.1 Å². The summed E-state index contributed by atoms with van der Waals surface area (Å²) in [5.74, 6) is -0.440. The van der Waals surface area contributed by atoms with Crippen molar-refractivity contribution < 1.29 is 15.0 Å². The maximum Gasteiger partial charge on any atom is 0.303 e. The van der Waals surface area contributed by atoms with Gasteiger partial charge in [0, 0.05) is 6.42 Å². The molecular formula is C12H16O3. The number of carboxylic acid groups (broad SMARTS) is 1. The first kappa shape index (κ1) is 11.6. The second-order valence-corrected chi connectivity index (χ2v) is 3.62. The molecule has 0 spiro atoms. The molecule has 0 aliphatic carbocycles. The van der Waals surface area contributed by atoms with E-state index in [2.05, 4.69) is 0 Å². The average Bonchev–Trinajstić information content (AvgIpc) is 2.20. The number of benzene rings is 1. The third-order valence-corrected chi connectivity index (χ3v) is 2.29. The first-order chi connectivity index (χ1) is 7.18. The van der Waals surface area contributed by atoms with Crippen molar-refractivity contribution in [1.82, 2.24) is 0 Å². The van der Waals surface area contributed by atoms with Gasteiger partial charge in [0.25, 0.3) is 0 Å². The van der Waals surface area contributed by atoms with E-state index in [4.69, 9.17) is 10.2 Å². The summed E-state index contributed by atoms with van der Waals surface area (Å²) in [7, 11) is 0. The van der Waals surface area contributed by atoms with E-state index < -0.39 is 5.97 Å². The lowest BCUT2D eigenvalue weighted by Gasteiger charge is -2.01. The van der Waals surface area contributed by atoms with Crippen molar-refractivity contribution in [2.24, 2.45) is 0 Å². The summed E-state index contributed by atoms with van der Waals surface area (Å²) < 4.78 is 0. The van der Waals surface area contributed by atoms with E-state index in [0.29, 0.717) is 0 Å². The fourth-order valence-corrected chi connectivity index (χ4v) is 1.44. The summed E-state index contributed by atoms with van der Waals surface area (Å²) in [6.45, 7) is 0. The van der Waals surface area contributed by atoms with Crippen LogP contribution in [0.2, 0.25) is 0 Å². The van der Waals surface area contributed by atoms with Crippen LogP contribution in [0.3, 0.4) is 0 Å². The quantitative estimate of drug-likeness (QED) is 0.706. The molecule has 0 unspecified atom stereocenters. The third-order valence-electron chi connectivity index (χ3n) is 2.29. The van der Waals surface area contributed by atoms with Crippen LogP contribution >= 0.6 is 0 Å². The molecule has 0 amide bonds. The standard InChI is InChI=1S/C12H16O3/c13-11-8-6-10(7-9-11)4-2-1-3-5-12(14)15/h6-9,13H,1-5H2,(H,14,15). The Labute approximate surface area is 89.4 Å². The van der Waals surface area contributed by atoms with Gasteiger partial charge in [0.05, 0.1) is 0 Å². The van der Waals surface area contributed by atoms with Crippen LogP contribution in [0, 0.1) is 0 Å². The Morgan fingerprint density at radius 1 is 1.07 bits per heavy atom. The fourth-order valence-electron chi connectivity index (χ4n) is 1.44. The van der Waals surface area contributed by atoms with Gasteiger partial charge in [-0.05, 0) is 37.0 Å². The Morgan fingerprint density at radius 2 is 1.73 bits per heavy atom. The lowest BCUT2D eigenvalue weighted by Crippen LogP contribution is -1.94. The highest BCUT2D eigenvalue weighted by Crippen LogP contribution is 2.12. The van der Waals surface area contributed by atoms with Crippen LogP contribution in [0.5, 0.6) is 5.75 Å². The van der Waals surface area contributed by atoms with Crippen LogP contribution < -0.4 is 0 Å². The lowest BCUT2D eigenvalue weighted by atomic mass is 10.1. The number of unbranched alkanes of at least 4 members (excludes halogenated alkanes) is 2. The number of rotatable bonds is 6. The number of hydrogen-bond donors (Lipinski definition) is 2. The Balaban J connectivity index is 2.15. The minimum absolute atomic E-state index is 0.260. The molecule has 1 aromatic rings. The maximum atomic E-state index is 10.2. The molecule has 0 saturated carbocycles. The molecule has 0 atom stereocenters. The summed E-state index contributed by atoms with van der Waals surface area (Å²) in [4.78, 5) is 10.2. The largest absolute Gasteiger partial charge is 0.508 e. The van der Waals surface area contributed by atoms with Crippen LogP contribution in [-0.2, 0) is 11.2 Å². The molecule has 3 heteroatoms. The van der Waals surface area contributed by atoms with Gasteiger partial charge in [0.1, 0.15) is 5.75 Å². The lowest BCUT2D eigenvalue weighted by molar-refractivity contribution is -0.137. The van der Waals surface area contributed by atoms with E-state index in [9.17, 15) is 4.79 Å². The zero-order valence-corrected chi connectivity index (χ0v) is 8.65. The normalized spacial score (nSPS) is 10.1. The second-order valence-electron chi connectivity index (χ2n) is 3.62. The van der Waals surface area contributed by atoms with Gasteiger partial charge < -0.3 is 10.2 Å². The molecule has 0 radical (unpaired) electrons. The van der Waals surface area contributed by atoms with E-state index in [0.717, 1.165) is 25.7 Å². The Bertz CT molecular complexity index is 303. The third kappa shape index (κ3) is 5.05. The van der Waals surface area contributed by atoms with Gasteiger partial charge in [0.2, 0.25) is 0 Å². The molecule has 0 aromatic heterocycles. The molecule has 0 heterocycles. The second kappa shape index (κ2) is 6.06. The zero-order chi connectivity index (χ0) is 11.1. The highest BCUT2D eigenvalue weighted by molar-refractivity contribution is 5.66. The van der Waals surface area contributed by atoms with Crippen LogP contribution in [0.15, 0.2) is 24.3 Å². The Hall–Kier alpha value is -1.51. The van der Waals surface area contributed by atoms with Gasteiger partial charge in [-0.15, -0.1) is 0 Å². The van der Waals surface area contributed by atoms with E-state index >= 15 is 0 Å². The number of carboxylic acids is 1. The highest BCUT2D eigenvalue weighted by Gasteiger charge is 1.97. The number of aromatic hydroxyl groups is 1. The van der Waals surface area contributed by atoms with Crippen molar-refractivity contribution in [1.29, 1.82) is 0 Å². The van der Waals surface area contributed by atoms with Crippen molar-refractivity contribution in [2.75, 3.05) is 0 Å². The van der Waals surface area contributed by atoms with Gasteiger partial charge in [-0.25, -0.2) is 0 Å². The Kier molecular flexibility index (Phi) is 4.68. The molecule has 2 N–H and O–H groups in total. The van der Waals surface area contributed by atoms with Crippen LogP contribution in [-0.4, -0.2) is 16.2 Å². The molecule has 0 saturated heterocycles. The summed E-state index contributed by atoms with van der Waals surface area (Å²) in [5.41, 5.74) is 1.18. The van der Waals surface area contributed by atoms with Crippen molar-refractivity contribution >= 4 is 5.97 Å². The molecule has 0 aliphatic heterocycles. The number of phenols is 1. The van der Waals surface area contributed by atoms with E-state index in [1.807, 2.05) is 12.1 Å². The van der Waals surface area contributed by atoms with Gasteiger partial charge in [0.15, 0.2) is 0 Å². The topological polar surface area (TPSA) is 57.5 Å². The van der Waals surface area contributed by atoms with Crippen molar-refractivity contribution in [3.8, 4) is 5.75 Å². The number of aliphatic carboxylic acids is 1. The molecule has 0 bridgehead atoms. The molecule has 82 valence electrons. The first-order valence-corrected chi connectivity index (χ1v) is 5.18. The van der Waals surface area contributed by atoms with Crippen molar-refractivity contribution in [2.45, 2.75) is 32.1 Å². The number of phenolic OH excluding ortho intramolecular Hbond substituents is 1. The fraction of sp³-hybridized carbons (Fsp3) is 0.417. The highest BCUT2D eigenvalue weighted by atomic mass is 16.4. The number of carbonyl (C=O) groups is 1. The predicted molar refractivity (Wildman–Crippen MR) is 57.9 cm³/mol. The maximum absolute atomic E-state index is 10.2. The minimum atomic E-state index is -0.723. The summed E-state index contributed by atoms with van der Waals surface area (Å²) in [5, 5.41) is 17.5. The van der Waals surface area contributed by atoms with Gasteiger partial charge in [-0.3, -0.25) is 4.79 Å². The molecule has 15 heavy (non-hydrogen) atoms. The zero-order valence-electron chi connectivity index (χ0n) is 8.65. The van der Waals surface area contributed by atoms with Crippen LogP contribution in [0.1, 0.15) is 31.2 Å². The number of aryl methyl sites for hydroxylation is 1. The average molecular weight is 208 g/mol. The Morgan fingerprint density at radius 3 is 2.33 bits per heavy atom. The molecule has 0 fully saturated rings. The van der Waals surface area contributed by atoms with Crippen molar-refractivity contribution in [3.63, 3.8) is 0 Å². The molecule has 1 rings (SSSR count). The number of hydrogen-bond acceptors (Lipinski definition) is 2. The van der Waals surface area contributed by atoms with Gasteiger partial charge >= 0.3 is 5.97 Å². The summed E-state index contributed by atoms with van der Waals surface area (Å²) in [6.07, 6.45) is 3.88. The molecule has 1 aromatic carbocycles. The van der Waals surface area contributed by atoms with E-state index in [-0.39, 0.29) is 12.2 Å². The monoisotopic (exact) mass is 208 g/mol. The van der Waals surface area contributed by atoms with E-state index in [1.165, 1.54) is 5.56 Å². The predicted octanol–water partition coefficient (Wildman–Crippen LogP) is 2.58. The van der Waals surface area contributed by atoms with Gasteiger partial charge in [-0.1, -0.05) is 18.6 Å².